The van der Waals surface area contributed by atoms with Gasteiger partial charge in [-0.1, -0.05) is 11.8 Å². The first kappa shape index (κ1) is 13.3. The second kappa shape index (κ2) is 6.19. The summed E-state index contributed by atoms with van der Waals surface area (Å²) >= 11 is 1.21. The summed E-state index contributed by atoms with van der Waals surface area (Å²) in [5, 5.41) is 4.54. The summed E-state index contributed by atoms with van der Waals surface area (Å²) in [5.74, 6) is 0.487. The van der Waals surface area contributed by atoms with Crippen LogP contribution in [-0.2, 0) is 9.53 Å². The second-order valence-electron chi connectivity index (χ2n) is 3.51. The Labute approximate surface area is 114 Å². The summed E-state index contributed by atoms with van der Waals surface area (Å²) in [6.45, 7) is 2.13. The number of anilines is 1. The van der Waals surface area contributed by atoms with Gasteiger partial charge in [-0.3, -0.25) is 4.79 Å². The molecule has 0 atom stereocenters. The molecular formula is C11H13N5O2S. The highest BCUT2D eigenvalue weighted by Gasteiger charge is 2.07. The molecule has 0 unspecified atom stereocenters. The van der Waals surface area contributed by atoms with Crippen molar-refractivity contribution >= 4 is 23.4 Å². The fourth-order valence-corrected chi connectivity index (χ4v) is 1.94. The first-order chi connectivity index (χ1) is 9.19. The molecule has 0 saturated carbocycles. The summed E-state index contributed by atoms with van der Waals surface area (Å²) < 4.78 is 6.38. The van der Waals surface area contributed by atoms with E-state index in [1.165, 1.54) is 18.0 Å². The molecule has 0 fully saturated rings. The van der Waals surface area contributed by atoms with Crippen molar-refractivity contribution in [3.63, 3.8) is 0 Å². The van der Waals surface area contributed by atoms with E-state index < -0.39 is 0 Å². The Morgan fingerprint density at radius 3 is 3.11 bits per heavy atom. The molecule has 0 aromatic carbocycles. The van der Waals surface area contributed by atoms with E-state index in [2.05, 4.69) is 15.1 Å². The molecule has 0 saturated heterocycles. The number of carbonyl (C=O) groups excluding carboxylic acids is 1. The molecule has 2 N–H and O–H groups in total. The number of nitrogens with zero attached hydrogens (tertiary/aromatic N) is 4. The van der Waals surface area contributed by atoms with E-state index >= 15 is 0 Å². The highest BCUT2D eigenvalue weighted by molar-refractivity contribution is 7.99. The molecule has 100 valence electrons. The Bertz CT molecular complexity index is 572. The van der Waals surface area contributed by atoms with Crippen LogP contribution in [0.2, 0.25) is 0 Å². The molecule has 8 heteroatoms. The fraction of sp³-hybridized carbons (Fsp3) is 0.273. The van der Waals surface area contributed by atoms with Crippen LogP contribution in [0, 0.1) is 0 Å². The highest BCUT2D eigenvalue weighted by Crippen LogP contribution is 2.14. The maximum atomic E-state index is 11.2. The normalized spacial score (nSPS) is 10.4. The molecule has 0 aliphatic rings. The lowest BCUT2D eigenvalue weighted by molar-refractivity contribution is -0.139. The molecule has 2 aromatic rings. The molecule has 7 nitrogen and oxygen atoms in total. The molecule has 0 amide bonds. The number of nitrogen functional groups attached to an aromatic ring is 1. The minimum atomic E-state index is -0.287. The number of rotatable bonds is 5. The third-order valence-corrected chi connectivity index (χ3v) is 2.92. The summed E-state index contributed by atoms with van der Waals surface area (Å²) in [6.07, 6.45) is 4.79. The number of esters is 1. The van der Waals surface area contributed by atoms with E-state index in [1.54, 1.807) is 30.1 Å². The topological polar surface area (TPSA) is 95.9 Å². The van der Waals surface area contributed by atoms with Crippen molar-refractivity contribution in [2.24, 2.45) is 0 Å². The van der Waals surface area contributed by atoms with Crippen LogP contribution in [0.15, 0.2) is 29.8 Å². The van der Waals surface area contributed by atoms with Gasteiger partial charge in [-0.2, -0.15) is 5.10 Å². The standard InChI is InChI=1S/C11H13N5O2S/c1-2-18-10(17)7-19-11-13-4-3-9(15-11)16-6-8(12)5-14-16/h3-6H,2,7,12H2,1H3. The van der Waals surface area contributed by atoms with Crippen LogP contribution in [0.4, 0.5) is 5.69 Å². The van der Waals surface area contributed by atoms with Gasteiger partial charge in [-0.25, -0.2) is 14.6 Å². The van der Waals surface area contributed by atoms with Gasteiger partial charge < -0.3 is 10.5 Å². The third kappa shape index (κ3) is 3.68. The lowest BCUT2D eigenvalue weighted by Crippen LogP contribution is -2.07. The first-order valence-corrected chi connectivity index (χ1v) is 6.59. The predicted octanol–water partition coefficient (Wildman–Crippen LogP) is 0.900. The van der Waals surface area contributed by atoms with Gasteiger partial charge >= 0.3 is 5.97 Å². The van der Waals surface area contributed by atoms with Crippen molar-refractivity contribution in [1.82, 2.24) is 19.7 Å². The molecule has 0 aliphatic heterocycles. The lowest BCUT2D eigenvalue weighted by Gasteiger charge is -2.03. The highest BCUT2D eigenvalue weighted by atomic mass is 32.2. The van der Waals surface area contributed by atoms with Crippen LogP contribution in [-0.4, -0.2) is 38.1 Å². The average Bonchev–Trinajstić information content (AvgIpc) is 2.84. The minimum Gasteiger partial charge on any atom is -0.465 e. The van der Waals surface area contributed by atoms with Crippen molar-refractivity contribution in [1.29, 1.82) is 0 Å². The van der Waals surface area contributed by atoms with Gasteiger partial charge in [0.05, 0.1) is 30.4 Å². The molecule has 0 spiro atoms. The number of hydrogen-bond donors (Lipinski definition) is 1. The van der Waals surface area contributed by atoms with Crippen molar-refractivity contribution in [2.75, 3.05) is 18.1 Å². The van der Waals surface area contributed by atoms with E-state index in [-0.39, 0.29) is 11.7 Å². The summed E-state index contributed by atoms with van der Waals surface area (Å²) in [7, 11) is 0. The smallest absolute Gasteiger partial charge is 0.316 e. The number of nitrogens with two attached hydrogens (primary N) is 1. The second-order valence-corrected chi connectivity index (χ2v) is 4.45. The Morgan fingerprint density at radius 1 is 1.58 bits per heavy atom. The van der Waals surface area contributed by atoms with Crippen LogP contribution in [0.5, 0.6) is 0 Å². The maximum Gasteiger partial charge on any atom is 0.316 e. The number of ether oxygens (including phenoxy) is 1. The molecule has 19 heavy (non-hydrogen) atoms. The van der Waals surface area contributed by atoms with Crippen LogP contribution >= 0.6 is 11.8 Å². The van der Waals surface area contributed by atoms with Crippen LogP contribution < -0.4 is 5.73 Å². The van der Waals surface area contributed by atoms with E-state index in [9.17, 15) is 4.79 Å². The van der Waals surface area contributed by atoms with Crippen molar-refractivity contribution in [3.8, 4) is 5.82 Å². The maximum absolute atomic E-state index is 11.2. The van der Waals surface area contributed by atoms with Crippen molar-refractivity contribution in [2.45, 2.75) is 12.1 Å². The third-order valence-electron chi connectivity index (χ3n) is 2.08. The van der Waals surface area contributed by atoms with Crippen LogP contribution in [0.3, 0.4) is 0 Å². The molecule has 2 heterocycles. The average molecular weight is 279 g/mol. The van der Waals surface area contributed by atoms with Crippen LogP contribution in [0.25, 0.3) is 5.82 Å². The first-order valence-electron chi connectivity index (χ1n) is 5.61. The molecule has 2 rings (SSSR count). The predicted molar refractivity (Wildman–Crippen MR) is 70.9 cm³/mol. The van der Waals surface area contributed by atoms with Crippen LogP contribution in [0.1, 0.15) is 6.92 Å². The number of carbonyl (C=O) groups is 1. The Balaban J connectivity index is 2.05. The SMILES string of the molecule is CCOC(=O)CSc1nccc(-n2cc(N)cn2)n1. The van der Waals surface area contributed by atoms with Gasteiger partial charge in [0.25, 0.3) is 0 Å². The zero-order chi connectivity index (χ0) is 13.7. The quantitative estimate of drug-likeness (QED) is 0.493. The van der Waals surface area contributed by atoms with E-state index in [1.807, 2.05) is 0 Å². The Morgan fingerprint density at radius 2 is 2.42 bits per heavy atom. The number of hydrogen-bond acceptors (Lipinski definition) is 7. The van der Waals surface area contributed by atoms with Gasteiger partial charge in [0.15, 0.2) is 11.0 Å². The monoisotopic (exact) mass is 279 g/mol. The Hall–Kier alpha value is -2.09. The number of thioether (sulfide) groups is 1. The van der Waals surface area contributed by atoms with Gasteiger partial charge in [0.2, 0.25) is 0 Å². The van der Waals surface area contributed by atoms with Gasteiger partial charge in [0.1, 0.15) is 0 Å². The molecule has 0 radical (unpaired) electrons. The van der Waals surface area contributed by atoms with E-state index in [4.69, 9.17) is 10.5 Å². The van der Waals surface area contributed by atoms with E-state index in [0.717, 1.165) is 0 Å². The molecule has 0 aliphatic carbocycles. The zero-order valence-corrected chi connectivity index (χ0v) is 11.1. The summed E-state index contributed by atoms with van der Waals surface area (Å²) in [5.41, 5.74) is 6.15. The molecule has 0 bridgehead atoms. The zero-order valence-electron chi connectivity index (χ0n) is 10.3. The summed E-state index contributed by atoms with van der Waals surface area (Å²) in [4.78, 5) is 19.6. The Kier molecular flexibility index (Phi) is 4.35. The number of aromatic nitrogens is 4. The largest absolute Gasteiger partial charge is 0.465 e. The summed E-state index contributed by atoms with van der Waals surface area (Å²) in [6, 6.07) is 1.71. The van der Waals surface area contributed by atoms with Crippen molar-refractivity contribution < 1.29 is 9.53 Å². The van der Waals surface area contributed by atoms with Crippen molar-refractivity contribution in [3.05, 3.63) is 24.7 Å². The van der Waals surface area contributed by atoms with Gasteiger partial charge in [0, 0.05) is 12.3 Å². The lowest BCUT2D eigenvalue weighted by atomic mass is 10.6. The fourth-order valence-electron chi connectivity index (χ4n) is 1.32. The van der Waals surface area contributed by atoms with Gasteiger partial charge in [-0.15, -0.1) is 0 Å². The minimum absolute atomic E-state index is 0.179. The van der Waals surface area contributed by atoms with Gasteiger partial charge in [-0.05, 0) is 6.92 Å². The molecule has 2 aromatic heterocycles. The molecular weight excluding hydrogens is 266 g/mol. The van der Waals surface area contributed by atoms with E-state index in [0.29, 0.717) is 23.3 Å².